The van der Waals surface area contributed by atoms with E-state index in [0.717, 1.165) is 24.2 Å². The number of rotatable bonds is 6. The predicted molar refractivity (Wildman–Crippen MR) is 96.7 cm³/mol. The second kappa shape index (κ2) is 8.04. The van der Waals surface area contributed by atoms with Crippen molar-refractivity contribution in [2.75, 3.05) is 20.2 Å². The molecule has 1 saturated carbocycles. The van der Waals surface area contributed by atoms with Crippen LogP contribution in [0.15, 0.2) is 22.8 Å². The van der Waals surface area contributed by atoms with E-state index < -0.39 is 36.6 Å². The zero-order valence-electron chi connectivity index (χ0n) is 16.1. The SMILES string of the molecule is C[C@@H]1CCCC[C@@]12NC(=O)N(CC(=O)OCC(=O)N(C)Cc1ccco1)C2=O. The molecule has 1 aliphatic carbocycles. The number of amides is 4. The Hall–Kier alpha value is -2.84. The maximum atomic E-state index is 12.8. The number of imide groups is 1. The van der Waals surface area contributed by atoms with Crippen molar-refractivity contribution in [2.45, 2.75) is 44.7 Å². The van der Waals surface area contributed by atoms with Gasteiger partial charge in [-0.1, -0.05) is 19.8 Å². The van der Waals surface area contributed by atoms with E-state index >= 15 is 0 Å². The first-order valence-electron chi connectivity index (χ1n) is 9.39. The van der Waals surface area contributed by atoms with Crippen LogP contribution in [0.5, 0.6) is 0 Å². The Labute approximate surface area is 163 Å². The predicted octanol–water partition coefficient (Wildman–Crippen LogP) is 1.28. The van der Waals surface area contributed by atoms with E-state index in [1.165, 1.54) is 11.2 Å². The Bertz CT molecular complexity index is 762. The summed E-state index contributed by atoms with van der Waals surface area (Å²) in [5.41, 5.74) is -0.922. The number of hydrogen-bond donors (Lipinski definition) is 1. The van der Waals surface area contributed by atoms with E-state index in [1.54, 1.807) is 19.2 Å². The number of urea groups is 1. The molecule has 3 rings (SSSR count). The molecule has 1 aromatic heterocycles. The van der Waals surface area contributed by atoms with Crippen molar-refractivity contribution in [2.24, 2.45) is 5.92 Å². The lowest BCUT2D eigenvalue weighted by atomic mass is 9.73. The van der Waals surface area contributed by atoms with Crippen molar-refractivity contribution in [3.8, 4) is 0 Å². The lowest BCUT2D eigenvalue weighted by Crippen LogP contribution is -2.54. The van der Waals surface area contributed by atoms with Gasteiger partial charge < -0.3 is 19.4 Å². The van der Waals surface area contributed by atoms with Crippen LogP contribution in [-0.2, 0) is 25.7 Å². The third-order valence-electron chi connectivity index (χ3n) is 5.54. The van der Waals surface area contributed by atoms with Gasteiger partial charge in [-0.15, -0.1) is 0 Å². The summed E-state index contributed by atoms with van der Waals surface area (Å²) in [6.07, 6.45) is 4.79. The molecule has 28 heavy (non-hydrogen) atoms. The Morgan fingerprint density at radius 2 is 2.18 bits per heavy atom. The first-order valence-corrected chi connectivity index (χ1v) is 9.39. The fourth-order valence-corrected chi connectivity index (χ4v) is 3.79. The molecule has 152 valence electrons. The van der Waals surface area contributed by atoms with E-state index in [2.05, 4.69) is 5.32 Å². The molecule has 0 aromatic carbocycles. The normalized spacial score (nSPS) is 24.4. The highest BCUT2D eigenvalue weighted by atomic mass is 16.5. The number of nitrogens with one attached hydrogen (secondary N) is 1. The molecule has 1 aliphatic heterocycles. The molecule has 1 spiro atoms. The van der Waals surface area contributed by atoms with Gasteiger partial charge in [0.2, 0.25) is 0 Å². The van der Waals surface area contributed by atoms with E-state index in [1.807, 2.05) is 6.92 Å². The number of furan rings is 1. The summed E-state index contributed by atoms with van der Waals surface area (Å²) in [5, 5.41) is 2.78. The molecule has 9 heteroatoms. The van der Waals surface area contributed by atoms with Crippen LogP contribution in [0.3, 0.4) is 0 Å². The summed E-state index contributed by atoms with van der Waals surface area (Å²) in [5.74, 6) is -0.991. The molecule has 9 nitrogen and oxygen atoms in total. The molecule has 1 saturated heterocycles. The molecule has 0 unspecified atom stereocenters. The van der Waals surface area contributed by atoms with Gasteiger partial charge in [0.1, 0.15) is 17.8 Å². The van der Waals surface area contributed by atoms with Crippen LogP contribution in [0, 0.1) is 5.92 Å². The van der Waals surface area contributed by atoms with Crippen LogP contribution < -0.4 is 5.32 Å². The summed E-state index contributed by atoms with van der Waals surface area (Å²) < 4.78 is 10.1. The van der Waals surface area contributed by atoms with Gasteiger partial charge in [0.25, 0.3) is 11.8 Å². The minimum atomic E-state index is -0.922. The van der Waals surface area contributed by atoms with E-state index in [0.29, 0.717) is 12.2 Å². The van der Waals surface area contributed by atoms with Crippen LogP contribution in [-0.4, -0.2) is 59.4 Å². The molecule has 4 amide bonds. The Kier molecular flexibility index (Phi) is 5.71. The van der Waals surface area contributed by atoms with Gasteiger partial charge in [0, 0.05) is 7.05 Å². The number of likely N-dealkylation sites (N-methyl/N-ethyl adjacent to an activating group) is 1. The molecule has 0 radical (unpaired) electrons. The summed E-state index contributed by atoms with van der Waals surface area (Å²) in [7, 11) is 1.56. The monoisotopic (exact) mass is 391 g/mol. The van der Waals surface area contributed by atoms with Gasteiger partial charge in [0.05, 0.1) is 12.8 Å². The maximum Gasteiger partial charge on any atom is 0.326 e. The van der Waals surface area contributed by atoms with Gasteiger partial charge in [-0.2, -0.15) is 0 Å². The summed E-state index contributed by atoms with van der Waals surface area (Å²) in [6, 6.07) is 2.86. The highest BCUT2D eigenvalue weighted by Gasteiger charge is 2.55. The molecule has 2 fully saturated rings. The number of ether oxygens (including phenoxy) is 1. The Balaban J connectivity index is 1.51. The molecular formula is C19H25N3O6. The summed E-state index contributed by atoms with van der Waals surface area (Å²) >= 11 is 0. The van der Waals surface area contributed by atoms with E-state index in [9.17, 15) is 19.2 Å². The lowest BCUT2D eigenvalue weighted by molar-refractivity contribution is -0.154. The van der Waals surface area contributed by atoms with Gasteiger partial charge in [-0.3, -0.25) is 19.3 Å². The number of carbonyl (C=O) groups excluding carboxylic acids is 4. The van der Waals surface area contributed by atoms with Crippen LogP contribution >= 0.6 is 0 Å². The zero-order valence-corrected chi connectivity index (χ0v) is 16.1. The zero-order chi connectivity index (χ0) is 20.3. The second-order valence-electron chi connectivity index (χ2n) is 7.43. The van der Waals surface area contributed by atoms with E-state index in [4.69, 9.17) is 9.15 Å². The third kappa shape index (κ3) is 3.88. The molecule has 2 heterocycles. The van der Waals surface area contributed by atoms with E-state index in [-0.39, 0.29) is 18.4 Å². The molecule has 2 aliphatic rings. The number of esters is 1. The van der Waals surface area contributed by atoms with Crippen molar-refractivity contribution < 1.29 is 28.3 Å². The number of carbonyl (C=O) groups is 4. The Morgan fingerprint density at radius 1 is 1.39 bits per heavy atom. The molecule has 1 N–H and O–H groups in total. The lowest BCUT2D eigenvalue weighted by Gasteiger charge is -2.36. The Morgan fingerprint density at radius 3 is 2.86 bits per heavy atom. The standard InChI is InChI=1S/C19H25N3O6/c1-13-6-3-4-8-19(13)17(25)22(18(26)20-19)11-16(24)28-12-15(23)21(2)10-14-7-5-9-27-14/h5,7,9,13H,3-4,6,8,10-12H2,1-2H3,(H,20,26)/t13-,19-/m1/s1. The van der Waals surface area contributed by atoms with Crippen molar-refractivity contribution in [1.82, 2.24) is 15.1 Å². The molecular weight excluding hydrogens is 366 g/mol. The average molecular weight is 391 g/mol. The highest BCUT2D eigenvalue weighted by molar-refractivity contribution is 6.09. The fraction of sp³-hybridized carbons (Fsp3) is 0.579. The minimum absolute atomic E-state index is 0.00977. The van der Waals surface area contributed by atoms with Crippen LogP contribution in [0.4, 0.5) is 4.79 Å². The minimum Gasteiger partial charge on any atom is -0.467 e. The topological polar surface area (TPSA) is 109 Å². The first-order chi connectivity index (χ1) is 13.3. The van der Waals surface area contributed by atoms with Gasteiger partial charge in [-0.05, 0) is 30.9 Å². The molecule has 1 aromatic rings. The quantitative estimate of drug-likeness (QED) is 0.578. The van der Waals surface area contributed by atoms with Crippen LogP contribution in [0.25, 0.3) is 0 Å². The van der Waals surface area contributed by atoms with Crippen LogP contribution in [0.1, 0.15) is 38.4 Å². The maximum absolute atomic E-state index is 12.8. The average Bonchev–Trinajstić information content (AvgIpc) is 3.25. The van der Waals surface area contributed by atoms with Gasteiger partial charge in [0.15, 0.2) is 6.61 Å². The number of nitrogens with zero attached hydrogens (tertiary/aromatic N) is 2. The van der Waals surface area contributed by atoms with Gasteiger partial charge >= 0.3 is 12.0 Å². The fourth-order valence-electron chi connectivity index (χ4n) is 3.79. The highest BCUT2D eigenvalue weighted by Crippen LogP contribution is 2.38. The molecule has 2 atom stereocenters. The summed E-state index contributed by atoms with van der Waals surface area (Å²) in [4.78, 5) is 51.5. The largest absolute Gasteiger partial charge is 0.467 e. The smallest absolute Gasteiger partial charge is 0.326 e. The first kappa shape index (κ1) is 19.9. The van der Waals surface area contributed by atoms with Crippen molar-refractivity contribution in [3.05, 3.63) is 24.2 Å². The van der Waals surface area contributed by atoms with Crippen molar-refractivity contribution >= 4 is 23.8 Å². The third-order valence-corrected chi connectivity index (χ3v) is 5.54. The van der Waals surface area contributed by atoms with Crippen molar-refractivity contribution in [3.63, 3.8) is 0 Å². The summed E-state index contributed by atoms with van der Waals surface area (Å²) in [6.45, 7) is 1.21. The second-order valence-corrected chi connectivity index (χ2v) is 7.43. The van der Waals surface area contributed by atoms with Crippen molar-refractivity contribution in [1.29, 1.82) is 0 Å². The molecule has 0 bridgehead atoms. The van der Waals surface area contributed by atoms with Crippen LogP contribution in [0.2, 0.25) is 0 Å². The van der Waals surface area contributed by atoms with Gasteiger partial charge in [-0.25, -0.2) is 4.79 Å². The number of hydrogen-bond acceptors (Lipinski definition) is 6.